The summed E-state index contributed by atoms with van der Waals surface area (Å²) in [5, 5.41) is 0. The Morgan fingerprint density at radius 2 is 2.11 bits per heavy atom. The third-order valence-electron chi connectivity index (χ3n) is 3.34. The largest absolute Gasteiger partial charge is 0.468 e. The van der Waals surface area contributed by atoms with Crippen LogP contribution >= 0.6 is 22.9 Å². The molecular weight excluding hydrogens is 286 g/mol. The molecule has 1 aliphatic rings. The first-order valence-electron chi connectivity index (χ1n) is 6.25. The normalized spacial score (nSPS) is 15.5. The van der Waals surface area contributed by atoms with E-state index in [1.54, 1.807) is 17.0 Å². The Hall–Kier alpha value is -1.07. The summed E-state index contributed by atoms with van der Waals surface area (Å²) >= 11 is 7.10. The average Bonchev–Trinajstić information content (AvgIpc) is 3.05. The van der Waals surface area contributed by atoms with Gasteiger partial charge in [0.05, 0.1) is 16.3 Å². The van der Waals surface area contributed by atoms with Crippen molar-refractivity contribution < 1.29 is 14.3 Å². The maximum atomic E-state index is 12.5. The van der Waals surface area contributed by atoms with Crippen LogP contribution in [0, 0.1) is 0 Å². The molecule has 2 rings (SSSR count). The third kappa shape index (κ3) is 3.48. The molecular formula is C13H16ClNO3S. The Labute approximate surface area is 121 Å². The maximum absolute atomic E-state index is 12.5. The summed E-state index contributed by atoms with van der Waals surface area (Å²) in [6.07, 6.45) is 4.09. The van der Waals surface area contributed by atoms with E-state index in [2.05, 4.69) is 4.74 Å². The van der Waals surface area contributed by atoms with Gasteiger partial charge in [0.1, 0.15) is 6.54 Å². The molecule has 0 radical (unpaired) electrons. The molecule has 0 N–H and O–H groups in total. The van der Waals surface area contributed by atoms with Crippen molar-refractivity contribution in [3.05, 3.63) is 21.3 Å². The fourth-order valence-electron chi connectivity index (χ4n) is 2.36. The molecule has 1 fully saturated rings. The molecule has 1 amide bonds. The Bertz CT molecular complexity index is 468. The van der Waals surface area contributed by atoms with Crippen molar-refractivity contribution in [2.75, 3.05) is 13.7 Å². The average molecular weight is 302 g/mol. The number of rotatable bonds is 4. The van der Waals surface area contributed by atoms with E-state index in [0.29, 0.717) is 9.21 Å². The summed E-state index contributed by atoms with van der Waals surface area (Å²) in [6, 6.07) is 3.53. The highest BCUT2D eigenvalue weighted by atomic mass is 35.5. The van der Waals surface area contributed by atoms with Crippen LogP contribution in [0.25, 0.3) is 0 Å². The molecule has 0 saturated heterocycles. The fraction of sp³-hybridized carbons (Fsp3) is 0.538. The molecule has 0 spiro atoms. The maximum Gasteiger partial charge on any atom is 0.325 e. The molecule has 1 aliphatic carbocycles. The van der Waals surface area contributed by atoms with E-state index in [4.69, 9.17) is 11.6 Å². The van der Waals surface area contributed by atoms with Crippen LogP contribution in [0.1, 0.15) is 35.4 Å². The number of amides is 1. The SMILES string of the molecule is COC(=O)CN(C(=O)c1ccc(Cl)s1)C1CCCC1. The van der Waals surface area contributed by atoms with Crippen molar-refractivity contribution in [1.82, 2.24) is 4.90 Å². The summed E-state index contributed by atoms with van der Waals surface area (Å²) in [4.78, 5) is 26.1. The van der Waals surface area contributed by atoms with Gasteiger partial charge < -0.3 is 9.64 Å². The number of hydrogen-bond acceptors (Lipinski definition) is 4. The highest BCUT2D eigenvalue weighted by Crippen LogP contribution is 2.28. The zero-order chi connectivity index (χ0) is 13.8. The lowest BCUT2D eigenvalue weighted by Crippen LogP contribution is -2.42. The van der Waals surface area contributed by atoms with Crippen LogP contribution in [0.15, 0.2) is 12.1 Å². The molecule has 1 heterocycles. The standard InChI is InChI=1S/C13H16ClNO3S/c1-18-12(16)8-15(9-4-2-3-5-9)13(17)10-6-7-11(14)19-10/h6-7,9H,2-5,8H2,1H3. The van der Waals surface area contributed by atoms with Gasteiger partial charge in [-0.3, -0.25) is 9.59 Å². The van der Waals surface area contributed by atoms with Crippen molar-refractivity contribution in [2.45, 2.75) is 31.7 Å². The van der Waals surface area contributed by atoms with Crippen LogP contribution in [0.3, 0.4) is 0 Å². The van der Waals surface area contributed by atoms with Crippen LogP contribution in [0.2, 0.25) is 4.34 Å². The third-order valence-corrected chi connectivity index (χ3v) is 4.56. The van der Waals surface area contributed by atoms with E-state index in [-0.39, 0.29) is 24.5 Å². The van der Waals surface area contributed by atoms with Crippen molar-refractivity contribution in [2.24, 2.45) is 0 Å². The molecule has 19 heavy (non-hydrogen) atoms. The first-order valence-corrected chi connectivity index (χ1v) is 7.44. The lowest BCUT2D eigenvalue weighted by Gasteiger charge is -2.27. The summed E-state index contributed by atoms with van der Waals surface area (Å²) in [6.45, 7) is 0.00944. The first-order chi connectivity index (χ1) is 9.11. The second kappa shape index (κ2) is 6.39. The molecule has 104 valence electrons. The van der Waals surface area contributed by atoms with Gasteiger partial charge in [0, 0.05) is 6.04 Å². The van der Waals surface area contributed by atoms with E-state index in [9.17, 15) is 9.59 Å². The van der Waals surface area contributed by atoms with Crippen LogP contribution in [-0.4, -0.2) is 36.5 Å². The quantitative estimate of drug-likeness (QED) is 0.803. The molecule has 1 aromatic rings. The molecule has 4 nitrogen and oxygen atoms in total. The molecule has 1 saturated carbocycles. The summed E-state index contributed by atoms with van der Waals surface area (Å²) < 4.78 is 5.25. The zero-order valence-electron chi connectivity index (χ0n) is 10.7. The molecule has 0 atom stereocenters. The molecule has 0 unspecified atom stereocenters. The predicted octanol–water partition coefficient (Wildman–Crippen LogP) is 2.96. The smallest absolute Gasteiger partial charge is 0.325 e. The van der Waals surface area contributed by atoms with E-state index < -0.39 is 0 Å². The van der Waals surface area contributed by atoms with E-state index in [1.807, 2.05) is 0 Å². The Morgan fingerprint density at radius 1 is 1.42 bits per heavy atom. The summed E-state index contributed by atoms with van der Waals surface area (Å²) in [5.41, 5.74) is 0. The fourth-order valence-corrected chi connectivity index (χ4v) is 3.36. The van der Waals surface area contributed by atoms with Gasteiger partial charge in [-0.25, -0.2) is 0 Å². The van der Waals surface area contributed by atoms with Crippen LogP contribution in [0.5, 0.6) is 0 Å². The van der Waals surface area contributed by atoms with Gasteiger partial charge in [0.15, 0.2) is 0 Å². The monoisotopic (exact) mass is 301 g/mol. The minimum atomic E-state index is -0.386. The first kappa shape index (κ1) is 14.3. The number of carbonyl (C=O) groups excluding carboxylic acids is 2. The van der Waals surface area contributed by atoms with E-state index >= 15 is 0 Å². The Morgan fingerprint density at radius 3 is 2.63 bits per heavy atom. The number of ether oxygens (including phenoxy) is 1. The Kier molecular flexibility index (Phi) is 4.82. The van der Waals surface area contributed by atoms with Crippen LogP contribution < -0.4 is 0 Å². The van der Waals surface area contributed by atoms with Gasteiger partial charge in [-0.1, -0.05) is 24.4 Å². The lowest BCUT2D eigenvalue weighted by molar-refractivity contribution is -0.141. The number of methoxy groups -OCH3 is 1. The molecule has 0 aromatic carbocycles. The highest BCUT2D eigenvalue weighted by Gasteiger charge is 2.30. The van der Waals surface area contributed by atoms with Gasteiger partial charge in [0.25, 0.3) is 5.91 Å². The highest BCUT2D eigenvalue weighted by molar-refractivity contribution is 7.17. The second-order valence-electron chi connectivity index (χ2n) is 4.55. The van der Waals surface area contributed by atoms with Gasteiger partial charge in [-0.2, -0.15) is 0 Å². The van der Waals surface area contributed by atoms with Crippen LogP contribution in [0.4, 0.5) is 0 Å². The predicted molar refractivity (Wildman–Crippen MR) is 74.6 cm³/mol. The zero-order valence-corrected chi connectivity index (χ0v) is 12.3. The molecule has 1 aromatic heterocycles. The van der Waals surface area contributed by atoms with Gasteiger partial charge >= 0.3 is 5.97 Å². The minimum absolute atomic E-state index is 0.00944. The van der Waals surface area contributed by atoms with E-state index in [1.165, 1.54) is 18.4 Å². The number of hydrogen-bond donors (Lipinski definition) is 0. The van der Waals surface area contributed by atoms with Gasteiger partial charge in [-0.15, -0.1) is 11.3 Å². The molecule has 6 heteroatoms. The van der Waals surface area contributed by atoms with Crippen molar-refractivity contribution in [1.29, 1.82) is 0 Å². The van der Waals surface area contributed by atoms with Crippen LogP contribution in [-0.2, 0) is 9.53 Å². The topological polar surface area (TPSA) is 46.6 Å². The number of halogens is 1. The number of carbonyl (C=O) groups is 2. The second-order valence-corrected chi connectivity index (χ2v) is 6.27. The molecule has 0 bridgehead atoms. The summed E-state index contributed by atoms with van der Waals surface area (Å²) in [7, 11) is 1.33. The number of nitrogens with zero attached hydrogens (tertiary/aromatic N) is 1. The summed E-state index contributed by atoms with van der Waals surface area (Å²) in [5.74, 6) is -0.517. The van der Waals surface area contributed by atoms with Gasteiger partial charge in [-0.05, 0) is 25.0 Å². The van der Waals surface area contributed by atoms with Crippen molar-refractivity contribution in [3.8, 4) is 0 Å². The molecule has 0 aliphatic heterocycles. The minimum Gasteiger partial charge on any atom is -0.468 e. The van der Waals surface area contributed by atoms with Crippen molar-refractivity contribution in [3.63, 3.8) is 0 Å². The van der Waals surface area contributed by atoms with Crippen molar-refractivity contribution >= 4 is 34.8 Å². The lowest BCUT2D eigenvalue weighted by atomic mass is 10.2. The van der Waals surface area contributed by atoms with Gasteiger partial charge in [0.2, 0.25) is 0 Å². The van der Waals surface area contributed by atoms with E-state index in [0.717, 1.165) is 25.7 Å². The number of thiophene rings is 1. The Balaban J connectivity index is 2.15. The number of esters is 1.